The lowest BCUT2D eigenvalue weighted by Gasteiger charge is -2.20. The highest BCUT2D eigenvalue weighted by molar-refractivity contribution is 5.88. The number of hydrogen-bond donors (Lipinski definition) is 0. The third-order valence-electron chi connectivity index (χ3n) is 2.71. The van der Waals surface area contributed by atoms with Crippen LogP contribution in [0.2, 0.25) is 0 Å². The summed E-state index contributed by atoms with van der Waals surface area (Å²) < 4.78 is 11.7. The van der Waals surface area contributed by atoms with E-state index in [1.807, 2.05) is 20.8 Å². The van der Waals surface area contributed by atoms with Crippen LogP contribution in [0.1, 0.15) is 49.6 Å². The van der Waals surface area contributed by atoms with Gasteiger partial charge in [-0.15, -0.1) is 5.10 Å². The Morgan fingerprint density at radius 2 is 2.20 bits per heavy atom. The van der Waals surface area contributed by atoms with E-state index < -0.39 is 5.97 Å². The van der Waals surface area contributed by atoms with Crippen LogP contribution in [0.25, 0.3) is 0 Å². The molecule has 0 amide bonds. The molecule has 0 atom stereocenters. The summed E-state index contributed by atoms with van der Waals surface area (Å²) in [4.78, 5) is 12.0. The second-order valence-electron chi connectivity index (χ2n) is 5.39. The van der Waals surface area contributed by atoms with Gasteiger partial charge in [0.1, 0.15) is 6.54 Å². The Kier molecular flexibility index (Phi) is 3.87. The van der Waals surface area contributed by atoms with Crippen LogP contribution in [-0.4, -0.2) is 32.7 Å². The summed E-state index contributed by atoms with van der Waals surface area (Å²) in [5.41, 5.74) is 0.664. The molecule has 0 spiro atoms. The lowest BCUT2D eigenvalue weighted by Crippen LogP contribution is -2.23. The summed E-state index contributed by atoms with van der Waals surface area (Å²) in [5.74, 6) is 0.192. The number of carbonyl (C=O) groups is 1. The molecule has 2 aromatic heterocycles. The molecule has 0 aliphatic heterocycles. The summed E-state index contributed by atoms with van der Waals surface area (Å²) in [6.45, 7) is 8.41. The van der Waals surface area contributed by atoms with Crippen LogP contribution in [0.4, 0.5) is 0 Å². The SMILES string of the molecule is CCOC(=O)c1nnn(Cc2ccno2)c1C(C)(C)C. The fourth-order valence-corrected chi connectivity index (χ4v) is 1.97. The smallest absolute Gasteiger partial charge is 0.360 e. The Labute approximate surface area is 116 Å². The van der Waals surface area contributed by atoms with Crippen LogP contribution in [0.15, 0.2) is 16.8 Å². The first-order valence-corrected chi connectivity index (χ1v) is 6.44. The van der Waals surface area contributed by atoms with Crippen molar-refractivity contribution >= 4 is 5.97 Å². The van der Waals surface area contributed by atoms with Crippen LogP contribution in [0.5, 0.6) is 0 Å². The molecule has 20 heavy (non-hydrogen) atoms. The van der Waals surface area contributed by atoms with E-state index >= 15 is 0 Å². The van der Waals surface area contributed by atoms with Crippen molar-refractivity contribution in [1.29, 1.82) is 0 Å². The van der Waals surface area contributed by atoms with Crippen molar-refractivity contribution in [2.45, 2.75) is 39.7 Å². The maximum Gasteiger partial charge on any atom is 0.360 e. The van der Waals surface area contributed by atoms with Crippen molar-refractivity contribution in [3.8, 4) is 0 Å². The minimum atomic E-state index is -0.457. The molecule has 108 valence electrons. The molecule has 2 aromatic rings. The number of esters is 1. The molecule has 7 nitrogen and oxygen atoms in total. The van der Waals surface area contributed by atoms with Gasteiger partial charge < -0.3 is 9.26 Å². The fourth-order valence-electron chi connectivity index (χ4n) is 1.97. The van der Waals surface area contributed by atoms with Gasteiger partial charge in [0.25, 0.3) is 0 Å². The first kappa shape index (κ1) is 14.2. The van der Waals surface area contributed by atoms with Crippen molar-refractivity contribution in [2.24, 2.45) is 0 Å². The van der Waals surface area contributed by atoms with Crippen LogP contribution in [-0.2, 0) is 16.7 Å². The van der Waals surface area contributed by atoms with E-state index in [4.69, 9.17) is 9.26 Å². The number of carbonyl (C=O) groups excluding carboxylic acids is 1. The Morgan fingerprint density at radius 3 is 2.75 bits per heavy atom. The number of ether oxygens (including phenoxy) is 1. The second kappa shape index (κ2) is 5.44. The van der Waals surface area contributed by atoms with Crippen molar-refractivity contribution in [3.63, 3.8) is 0 Å². The quantitative estimate of drug-likeness (QED) is 0.793. The average Bonchev–Trinajstić information content (AvgIpc) is 2.98. The Hall–Kier alpha value is -2.18. The highest BCUT2D eigenvalue weighted by Gasteiger charge is 2.30. The molecule has 7 heteroatoms. The zero-order valence-corrected chi connectivity index (χ0v) is 12.1. The van der Waals surface area contributed by atoms with Gasteiger partial charge >= 0.3 is 5.97 Å². The molecule has 0 bridgehead atoms. The van der Waals surface area contributed by atoms with Crippen LogP contribution in [0, 0.1) is 0 Å². The van der Waals surface area contributed by atoms with Gasteiger partial charge in [-0.2, -0.15) is 0 Å². The Morgan fingerprint density at radius 1 is 1.45 bits per heavy atom. The summed E-state index contributed by atoms with van der Waals surface area (Å²) in [7, 11) is 0. The molecule has 0 unspecified atom stereocenters. The lowest BCUT2D eigenvalue weighted by atomic mass is 9.90. The predicted molar refractivity (Wildman–Crippen MR) is 70.3 cm³/mol. The maximum atomic E-state index is 12.0. The standard InChI is InChI=1S/C13H18N4O3/c1-5-19-12(18)10-11(13(2,3)4)17(16-15-10)8-9-6-7-14-20-9/h6-7H,5,8H2,1-4H3. The second-order valence-corrected chi connectivity index (χ2v) is 5.39. The molecular weight excluding hydrogens is 260 g/mol. The zero-order chi connectivity index (χ0) is 14.8. The largest absolute Gasteiger partial charge is 0.461 e. The van der Waals surface area contributed by atoms with Gasteiger partial charge in [-0.3, -0.25) is 0 Å². The maximum absolute atomic E-state index is 12.0. The fraction of sp³-hybridized carbons (Fsp3) is 0.538. The number of nitrogens with zero attached hydrogens (tertiary/aromatic N) is 4. The van der Waals surface area contributed by atoms with Gasteiger partial charge in [0, 0.05) is 11.5 Å². The van der Waals surface area contributed by atoms with E-state index in [1.165, 1.54) is 0 Å². The highest BCUT2D eigenvalue weighted by Crippen LogP contribution is 2.25. The molecule has 0 saturated heterocycles. The summed E-state index contributed by atoms with van der Waals surface area (Å²) >= 11 is 0. The predicted octanol–water partition coefficient (Wildman–Crippen LogP) is 1.79. The number of aromatic nitrogens is 4. The van der Waals surface area contributed by atoms with Gasteiger partial charge in [-0.25, -0.2) is 9.48 Å². The molecule has 0 fully saturated rings. The zero-order valence-electron chi connectivity index (χ0n) is 12.1. The molecule has 2 rings (SSSR count). The van der Waals surface area contributed by atoms with E-state index in [1.54, 1.807) is 23.9 Å². The monoisotopic (exact) mass is 278 g/mol. The van der Waals surface area contributed by atoms with Gasteiger partial charge in [0.05, 0.1) is 18.5 Å². The first-order chi connectivity index (χ1) is 9.43. The molecule has 2 heterocycles. The van der Waals surface area contributed by atoms with Crippen molar-refractivity contribution in [2.75, 3.05) is 6.61 Å². The molecular formula is C13H18N4O3. The minimum Gasteiger partial charge on any atom is -0.461 e. The van der Waals surface area contributed by atoms with E-state index in [0.717, 1.165) is 0 Å². The van der Waals surface area contributed by atoms with Gasteiger partial charge in [0.15, 0.2) is 11.5 Å². The van der Waals surface area contributed by atoms with Crippen LogP contribution >= 0.6 is 0 Å². The molecule has 0 aliphatic rings. The Balaban J connectivity index is 2.40. The van der Waals surface area contributed by atoms with Gasteiger partial charge in [-0.1, -0.05) is 31.1 Å². The van der Waals surface area contributed by atoms with Crippen molar-refractivity contribution in [3.05, 3.63) is 29.4 Å². The van der Waals surface area contributed by atoms with E-state index in [0.29, 0.717) is 24.6 Å². The third-order valence-corrected chi connectivity index (χ3v) is 2.71. The lowest BCUT2D eigenvalue weighted by molar-refractivity contribution is 0.0516. The average molecular weight is 278 g/mol. The molecule has 0 N–H and O–H groups in total. The summed E-state index contributed by atoms with van der Waals surface area (Å²) in [6, 6.07) is 1.75. The van der Waals surface area contributed by atoms with Crippen LogP contribution < -0.4 is 0 Å². The molecule has 0 aromatic carbocycles. The Bertz CT molecular complexity index is 581. The topological polar surface area (TPSA) is 83.0 Å². The number of hydrogen-bond acceptors (Lipinski definition) is 6. The molecule has 0 radical (unpaired) electrons. The molecule has 0 saturated carbocycles. The molecule has 0 aliphatic carbocycles. The first-order valence-electron chi connectivity index (χ1n) is 6.44. The van der Waals surface area contributed by atoms with E-state index in [-0.39, 0.29) is 11.1 Å². The van der Waals surface area contributed by atoms with E-state index in [2.05, 4.69) is 15.5 Å². The van der Waals surface area contributed by atoms with Crippen molar-refractivity contribution < 1.29 is 14.1 Å². The minimum absolute atomic E-state index is 0.249. The van der Waals surface area contributed by atoms with Crippen molar-refractivity contribution in [1.82, 2.24) is 20.2 Å². The van der Waals surface area contributed by atoms with Crippen LogP contribution in [0.3, 0.4) is 0 Å². The normalized spacial score (nSPS) is 11.6. The van der Waals surface area contributed by atoms with Gasteiger partial charge in [0.2, 0.25) is 0 Å². The van der Waals surface area contributed by atoms with Gasteiger partial charge in [-0.05, 0) is 6.92 Å². The third kappa shape index (κ3) is 2.87. The highest BCUT2D eigenvalue weighted by atomic mass is 16.5. The summed E-state index contributed by atoms with van der Waals surface area (Å²) in [5, 5.41) is 11.7. The summed E-state index contributed by atoms with van der Waals surface area (Å²) in [6.07, 6.45) is 1.56. The number of rotatable bonds is 4. The van der Waals surface area contributed by atoms with E-state index in [9.17, 15) is 4.79 Å².